The summed E-state index contributed by atoms with van der Waals surface area (Å²) in [7, 11) is 0. The number of para-hydroxylation sites is 1. The number of benzene rings is 2. The molecule has 0 atom stereocenters. The van der Waals surface area contributed by atoms with Gasteiger partial charge in [0.05, 0.1) is 25.6 Å². The minimum absolute atomic E-state index is 0.154. The fraction of sp³-hybridized carbons (Fsp3) is 0.304. The topological polar surface area (TPSA) is 112 Å². The Morgan fingerprint density at radius 1 is 0.912 bits per heavy atom. The standard InChI is InChI=1S/C23H26N4O5S2/c1-4-30-17-12-15(13-18(31-5-2)20(17)32-6-3)21(29)25-22-26-27-23(34-22)33-14-19(28)24-16-10-8-7-9-11-16/h7-13H,4-6,14H2,1-3H3,(H,24,28)(H,25,26,29). The first-order valence-electron chi connectivity index (χ1n) is 10.7. The molecular formula is C23H26N4O5S2. The lowest BCUT2D eigenvalue weighted by atomic mass is 10.1. The van der Waals surface area contributed by atoms with E-state index in [1.54, 1.807) is 12.1 Å². The zero-order valence-electron chi connectivity index (χ0n) is 19.1. The van der Waals surface area contributed by atoms with E-state index in [1.807, 2.05) is 51.1 Å². The van der Waals surface area contributed by atoms with Crippen LogP contribution >= 0.6 is 23.1 Å². The molecule has 1 heterocycles. The highest BCUT2D eigenvalue weighted by Crippen LogP contribution is 2.39. The third-order valence-corrected chi connectivity index (χ3v) is 6.15. The predicted molar refractivity (Wildman–Crippen MR) is 134 cm³/mol. The second-order valence-electron chi connectivity index (χ2n) is 6.63. The molecule has 3 aromatic rings. The van der Waals surface area contributed by atoms with Gasteiger partial charge >= 0.3 is 0 Å². The number of ether oxygens (including phenoxy) is 3. The summed E-state index contributed by atoms with van der Waals surface area (Å²) in [5.74, 6) is 0.951. The fourth-order valence-corrected chi connectivity index (χ4v) is 4.40. The summed E-state index contributed by atoms with van der Waals surface area (Å²) in [4.78, 5) is 25.0. The monoisotopic (exact) mass is 502 g/mol. The molecule has 0 aliphatic heterocycles. The van der Waals surface area contributed by atoms with E-state index in [9.17, 15) is 9.59 Å². The second-order valence-corrected chi connectivity index (χ2v) is 8.83. The van der Waals surface area contributed by atoms with Gasteiger partial charge in [-0.1, -0.05) is 41.3 Å². The summed E-state index contributed by atoms with van der Waals surface area (Å²) < 4.78 is 17.6. The number of nitrogens with zero attached hydrogens (tertiary/aromatic N) is 2. The Kier molecular flexibility index (Phi) is 9.53. The summed E-state index contributed by atoms with van der Waals surface area (Å²) in [5.41, 5.74) is 1.06. The highest BCUT2D eigenvalue weighted by atomic mass is 32.2. The summed E-state index contributed by atoms with van der Waals surface area (Å²) in [6.07, 6.45) is 0. The molecule has 1 aromatic heterocycles. The van der Waals surface area contributed by atoms with Crippen LogP contribution in [0.25, 0.3) is 0 Å². The number of rotatable bonds is 12. The molecule has 0 saturated heterocycles. The molecule has 180 valence electrons. The number of carbonyl (C=O) groups is 2. The van der Waals surface area contributed by atoms with Crippen LogP contribution in [-0.4, -0.2) is 47.6 Å². The summed E-state index contributed by atoms with van der Waals surface area (Å²) in [6, 6.07) is 12.4. The maximum atomic E-state index is 12.9. The minimum Gasteiger partial charge on any atom is -0.490 e. The number of thioether (sulfide) groups is 1. The van der Waals surface area contributed by atoms with Crippen molar-refractivity contribution in [1.82, 2.24) is 10.2 Å². The van der Waals surface area contributed by atoms with Gasteiger partial charge in [0.2, 0.25) is 16.8 Å². The molecule has 0 bridgehead atoms. The molecule has 0 aliphatic rings. The number of carbonyl (C=O) groups excluding carboxylic acids is 2. The Morgan fingerprint density at radius 3 is 2.18 bits per heavy atom. The quantitative estimate of drug-likeness (QED) is 0.270. The number of hydrogen-bond acceptors (Lipinski definition) is 9. The Morgan fingerprint density at radius 2 is 1.56 bits per heavy atom. The molecule has 11 heteroatoms. The van der Waals surface area contributed by atoms with E-state index in [-0.39, 0.29) is 17.6 Å². The molecule has 0 saturated carbocycles. The third kappa shape index (κ3) is 7.09. The van der Waals surface area contributed by atoms with Crippen molar-refractivity contribution in [2.24, 2.45) is 0 Å². The summed E-state index contributed by atoms with van der Waals surface area (Å²) in [6.45, 7) is 6.81. The van der Waals surface area contributed by atoms with Gasteiger partial charge in [-0.2, -0.15) is 0 Å². The van der Waals surface area contributed by atoms with Gasteiger partial charge in [0.15, 0.2) is 15.8 Å². The fourth-order valence-electron chi connectivity index (χ4n) is 2.85. The van der Waals surface area contributed by atoms with Crippen LogP contribution in [0.2, 0.25) is 0 Å². The molecule has 0 unspecified atom stereocenters. The van der Waals surface area contributed by atoms with Crippen molar-refractivity contribution < 1.29 is 23.8 Å². The Labute approximate surface area is 206 Å². The van der Waals surface area contributed by atoms with E-state index in [1.165, 1.54) is 23.1 Å². The molecule has 2 N–H and O–H groups in total. The maximum absolute atomic E-state index is 12.9. The molecule has 0 aliphatic carbocycles. The highest BCUT2D eigenvalue weighted by molar-refractivity contribution is 8.01. The highest BCUT2D eigenvalue weighted by Gasteiger charge is 2.19. The normalized spacial score (nSPS) is 10.4. The van der Waals surface area contributed by atoms with Crippen LogP contribution in [-0.2, 0) is 4.79 Å². The molecule has 9 nitrogen and oxygen atoms in total. The van der Waals surface area contributed by atoms with E-state index >= 15 is 0 Å². The lowest BCUT2D eigenvalue weighted by Crippen LogP contribution is -2.13. The Hall–Kier alpha value is -3.31. The van der Waals surface area contributed by atoms with Crippen LogP contribution in [0.4, 0.5) is 10.8 Å². The molecule has 0 radical (unpaired) electrons. The first-order chi connectivity index (χ1) is 16.5. The SMILES string of the molecule is CCOc1cc(C(=O)Nc2nnc(SCC(=O)Nc3ccccc3)s2)cc(OCC)c1OCC. The minimum atomic E-state index is -0.389. The van der Waals surface area contributed by atoms with Gasteiger partial charge in [-0.05, 0) is 45.0 Å². The van der Waals surface area contributed by atoms with Crippen molar-refractivity contribution in [3.05, 3.63) is 48.0 Å². The number of hydrogen-bond donors (Lipinski definition) is 2. The van der Waals surface area contributed by atoms with Gasteiger partial charge in [-0.15, -0.1) is 10.2 Å². The smallest absolute Gasteiger partial charge is 0.257 e. The average Bonchev–Trinajstić information content (AvgIpc) is 3.28. The van der Waals surface area contributed by atoms with Gasteiger partial charge in [-0.25, -0.2) is 0 Å². The van der Waals surface area contributed by atoms with Crippen molar-refractivity contribution in [3.8, 4) is 17.2 Å². The number of amides is 2. The maximum Gasteiger partial charge on any atom is 0.257 e. The molecule has 2 amide bonds. The number of aromatic nitrogens is 2. The van der Waals surface area contributed by atoms with E-state index in [0.29, 0.717) is 52.1 Å². The predicted octanol–water partition coefficient (Wildman–Crippen LogP) is 4.72. The molecular weight excluding hydrogens is 476 g/mol. The lowest BCUT2D eigenvalue weighted by molar-refractivity contribution is -0.113. The van der Waals surface area contributed by atoms with Gasteiger partial charge in [0.25, 0.3) is 5.91 Å². The van der Waals surface area contributed by atoms with Gasteiger partial charge in [-0.3, -0.25) is 14.9 Å². The van der Waals surface area contributed by atoms with Crippen molar-refractivity contribution >= 4 is 45.7 Å². The molecule has 3 rings (SSSR count). The molecule has 0 fully saturated rings. The molecule has 0 spiro atoms. The van der Waals surface area contributed by atoms with Crippen molar-refractivity contribution in [1.29, 1.82) is 0 Å². The van der Waals surface area contributed by atoms with Gasteiger partial charge in [0, 0.05) is 11.3 Å². The van der Waals surface area contributed by atoms with Gasteiger partial charge in [0.1, 0.15) is 0 Å². The van der Waals surface area contributed by atoms with Crippen LogP contribution in [0, 0.1) is 0 Å². The van der Waals surface area contributed by atoms with Crippen molar-refractivity contribution in [3.63, 3.8) is 0 Å². The van der Waals surface area contributed by atoms with Crippen LogP contribution in [0.3, 0.4) is 0 Å². The first-order valence-corrected chi connectivity index (χ1v) is 12.5. The van der Waals surface area contributed by atoms with E-state index < -0.39 is 0 Å². The van der Waals surface area contributed by atoms with Crippen molar-refractivity contribution in [2.75, 3.05) is 36.2 Å². The third-order valence-electron chi connectivity index (χ3n) is 4.18. The van der Waals surface area contributed by atoms with E-state index in [4.69, 9.17) is 14.2 Å². The Balaban J connectivity index is 1.64. The summed E-state index contributed by atoms with van der Waals surface area (Å²) >= 11 is 2.43. The molecule has 2 aromatic carbocycles. The van der Waals surface area contributed by atoms with E-state index in [0.717, 1.165) is 5.69 Å². The Bertz CT molecular complexity index is 1080. The van der Waals surface area contributed by atoms with E-state index in [2.05, 4.69) is 20.8 Å². The molecule has 34 heavy (non-hydrogen) atoms. The van der Waals surface area contributed by atoms with Crippen LogP contribution < -0.4 is 24.8 Å². The zero-order valence-corrected chi connectivity index (χ0v) is 20.8. The van der Waals surface area contributed by atoms with Crippen LogP contribution in [0.1, 0.15) is 31.1 Å². The first kappa shape index (κ1) is 25.3. The zero-order chi connectivity index (χ0) is 24.3. The number of anilines is 2. The number of nitrogens with one attached hydrogen (secondary N) is 2. The van der Waals surface area contributed by atoms with Crippen molar-refractivity contribution in [2.45, 2.75) is 25.1 Å². The largest absolute Gasteiger partial charge is 0.490 e. The summed E-state index contributed by atoms with van der Waals surface area (Å²) in [5, 5.41) is 13.9. The van der Waals surface area contributed by atoms with Gasteiger partial charge < -0.3 is 19.5 Å². The lowest BCUT2D eigenvalue weighted by Gasteiger charge is -2.16. The second kappa shape index (κ2) is 12.8. The van der Waals surface area contributed by atoms with Crippen LogP contribution in [0.15, 0.2) is 46.8 Å². The average molecular weight is 503 g/mol. The van der Waals surface area contributed by atoms with Crippen LogP contribution in [0.5, 0.6) is 17.2 Å².